The summed E-state index contributed by atoms with van der Waals surface area (Å²) in [6.45, 7) is 4.06. The number of benzene rings is 1. The monoisotopic (exact) mass is 348 g/mol. The minimum atomic E-state index is -0.171. The summed E-state index contributed by atoms with van der Waals surface area (Å²) in [6, 6.07) is 5.15. The molecule has 2 N–H and O–H groups in total. The number of amides is 1. The van der Waals surface area contributed by atoms with Gasteiger partial charge in [-0.15, -0.1) is 0 Å². The fraction of sp³-hybridized carbons (Fsp3) is 0.333. The zero-order chi connectivity index (χ0) is 13.9. The van der Waals surface area contributed by atoms with Crippen molar-refractivity contribution < 1.29 is 4.79 Å². The van der Waals surface area contributed by atoms with Gasteiger partial charge in [0.25, 0.3) is 5.91 Å². The van der Waals surface area contributed by atoms with Gasteiger partial charge in [0, 0.05) is 10.5 Å². The Morgan fingerprint density at radius 1 is 1.56 bits per heavy atom. The number of halogens is 2. The second kappa shape index (κ2) is 6.50. The molecule has 6 heteroatoms. The summed E-state index contributed by atoms with van der Waals surface area (Å²) >= 11 is 14.2. The highest BCUT2D eigenvalue weighted by Gasteiger charge is 2.21. The van der Waals surface area contributed by atoms with Crippen LogP contribution in [0.3, 0.4) is 0 Å². The van der Waals surface area contributed by atoms with Crippen LogP contribution in [0.5, 0.6) is 0 Å². The molecule has 3 nitrogen and oxygen atoms in total. The zero-order valence-corrected chi connectivity index (χ0v) is 13.3. The zero-order valence-electron chi connectivity index (χ0n) is 10.1. The van der Waals surface area contributed by atoms with Gasteiger partial charge in [0.05, 0.1) is 22.1 Å². The fourth-order valence-corrected chi connectivity index (χ4v) is 2.37. The summed E-state index contributed by atoms with van der Waals surface area (Å²) in [5.74, 6) is -0.171. The van der Waals surface area contributed by atoms with E-state index in [1.165, 1.54) is 0 Å². The first-order valence-corrected chi connectivity index (χ1v) is 6.95. The molecule has 0 saturated carbocycles. The predicted molar refractivity (Wildman–Crippen MR) is 82.1 cm³/mol. The number of nitrogens with zero attached hydrogens (tertiary/aromatic N) is 1. The maximum atomic E-state index is 12.4. The molecular weight excluding hydrogens is 336 g/mol. The smallest absolute Gasteiger partial charge is 0.255 e. The first kappa shape index (κ1) is 15.4. The van der Waals surface area contributed by atoms with Crippen LogP contribution < -0.4 is 5.73 Å². The Hall–Kier alpha value is -0.650. The van der Waals surface area contributed by atoms with E-state index in [9.17, 15) is 4.79 Å². The number of thiocarbonyl (C=S) groups is 1. The van der Waals surface area contributed by atoms with Gasteiger partial charge in [-0.2, -0.15) is 0 Å². The van der Waals surface area contributed by atoms with Gasteiger partial charge in [-0.3, -0.25) is 4.79 Å². The number of hydrogen-bond donors (Lipinski definition) is 1. The molecule has 1 aromatic rings. The molecule has 0 aliphatic heterocycles. The van der Waals surface area contributed by atoms with E-state index < -0.39 is 0 Å². The Labute approximate surface area is 125 Å². The summed E-state index contributed by atoms with van der Waals surface area (Å²) in [4.78, 5) is 14.2. The Kier molecular flexibility index (Phi) is 5.56. The van der Waals surface area contributed by atoms with Crippen molar-refractivity contribution in [3.05, 3.63) is 33.3 Å². The van der Waals surface area contributed by atoms with Gasteiger partial charge >= 0.3 is 0 Å². The highest BCUT2D eigenvalue weighted by Crippen LogP contribution is 2.23. The minimum absolute atomic E-state index is 0.00119. The van der Waals surface area contributed by atoms with Gasteiger partial charge < -0.3 is 10.6 Å². The van der Waals surface area contributed by atoms with Crippen LogP contribution in [-0.2, 0) is 0 Å². The highest BCUT2D eigenvalue weighted by atomic mass is 79.9. The van der Waals surface area contributed by atoms with E-state index >= 15 is 0 Å². The van der Waals surface area contributed by atoms with E-state index in [2.05, 4.69) is 15.9 Å². The van der Waals surface area contributed by atoms with Crippen LogP contribution in [0.15, 0.2) is 22.7 Å². The van der Waals surface area contributed by atoms with Crippen LogP contribution in [-0.4, -0.2) is 28.4 Å². The Balaban J connectivity index is 3.05. The van der Waals surface area contributed by atoms with Gasteiger partial charge in [0.2, 0.25) is 0 Å². The molecular formula is C12H14BrClN2OS. The van der Waals surface area contributed by atoms with E-state index in [1.54, 1.807) is 23.1 Å². The van der Waals surface area contributed by atoms with E-state index in [0.717, 1.165) is 4.47 Å². The first-order valence-electron chi connectivity index (χ1n) is 5.37. The molecule has 0 saturated heterocycles. The van der Waals surface area contributed by atoms with Crippen molar-refractivity contribution in [1.29, 1.82) is 0 Å². The second-order valence-electron chi connectivity index (χ2n) is 4.12. The van der Waals surface area contributed by atoms with Crippen LogP contribution in [0.25, 0.3) is 0 Å². The van der Waals surface area contributed by atoms with Crippen molar-refractivity contribution in [3.8, 4) is 0 Å². The summed E-state index contributed by atoms with van der Waals surface area (Å²) < 4.78 is 0.828. The molecule has 1 rings (SSSR count). The molecule has 18 heavy (non-hydrogen) atoms. The molecule has 1 amide bonds. The van der Waals surface area contributed by atoms with Crippen molar-refractivity contribution >= 4 is 50.6 Å². The minimum Gasteiger partial charge on any atom is -0.392 e. The Morgan fingerprint density at radius 3 is 2.61 bits per heavy atom. The lowest BCUT2D eigenvalue weighted by molar-refractivity contribution is 0.0736. The summed E-state index contributed by atoms with van der Waals surface area (Å²) in [5.41, 5.74) is 5.96. The highest BCUT2D eigenvalue weighted by molar-refractivity contribution is 9.10. The number of carbonyl (C=O) groups excluding carboxylic acids is 1. The molecule has 0 aromatic heterocycles. The topological polar surface area (TPSA) is 46.3 Å². The van der Waals surface area contributed by atoms with Crippen LogP contribution >= 0.6 is 39.7 Å². The lowest BCUT2D eigenvalue weighted by Crippen LogP contribution is -2.42. The molecule has 0 radical (unpaired) electrons. The molecule has 0 bridgehead atoms. The molecule has 98 valence electrons. The van der Waals surface area contributed by atoms with E-state index in [1.807, 2.05) is 13.8 Å². The van der Waals surface area contributed by atoms with Crippen LogP contribution in [0.1, 0.15) is 24.2 Å². The van der Waals surface area contributed by atoms with Crippen LogP contribution in [0.2, 0.25) is 5.02 Å². The standard InChI is InChI=1S/C12H14BrClN2OS/c1-7(2)16(6-11(15)18)12(17)9-4-3-8(13)5-10(9)14/h3-5,7H,6H2,1-2H3,(H2,15,18). The third kappa shape index (κ3) is 3.93. The summed E-state index contributed by atoms with van der Waals surface area (Å²) in [7, 11) is 0. The number of rotatable bonds is 4. The van der Waals surface area contributed by atoms with Crippen molar-refractivity contribution in [2.24, 2.45) is 5.73 Å². The summed E-state index contributed by atoms with van der Waals surface area (Å²) in [6.07, 6.45) is 0. The van der Waals surface area contributed by atoms with Gasteiger partial charge in [-0.05, 0) is 32.0 Å². The Bertz CT molecular complexity index is 479. The second-order valence-corrected chi connectivity index (χ2v) is 5.96. The van der Waals surface area contributed by atoms with E-state index in [0.29, 0.717) is 10.6 Å². The molecule has 0 atom stereocenters. The molecule has 0 unspecified atom stereocenters. The third-order valence-electron chi connectivity index (χ3n) is 2.37. The average molecular weight is 350 g/mol. The largest absolute Gasteiger partial charge is 0.392 e. The SMILES string of the molecule is CC(C)N(CC(N)=S)C(=O)c1ccc(Br)cc1Cl. The molecule has 0 aliphatic rings. The average Bonchev–Trinajstić information content (AvgIpc) is 2.24. The fourth-order valence-electron chi connectivity index (χ4n) is 1.47. The Morgan fingerprint density at radius 2 is 2.17 bits per heavy atom. The lowest BCUT2D eigenvalue weighted by atomic mass is 10.1. The van der Waals surface area contributed by atoms with Crippen molar-refractivity contribution in [2.75, 3.05) is 6.54 Å². The van der Waals surface area contributed by atoms with E-state index in [-0.39, 0.29) is 23.5 Å². The number of carbonyl (C=O) groups is 1. The maximum absolute atomic E-state index is 12.4. The number of nitrogens with two attached hydrogens (primary N) is 1. The van der Waals surface area contributed by atoms with Gasteiger partial charge in [0.1, 0.15) is 0 Å². The van der Waals surface area contributed by atoms with Crippen LogP contribution in [0.4, 0.5) is 0 Å². The number of hydrogen-bond acceptors (Lipinski definition) is 2. The van der Waals surface area contributed by atoms with Crippen molar-refractivity contribution in [1.82, 2.24) is 4.90 Å². The maximum Gasteiger partial charge on any atom is 0.255 e. The first-order chi connectivity index (χ1) is 8.32. The lowest BCUT2D eigenvalue weighted by Gasteiger charge is -2.26. The van der Waals surface area contributed by atoms with Crippen LogP contribution in [0, 0.1) is 0 Å². The van der Waals surface area contributed by atoms with Gasteiger partial charge in [-0.1, -0.05) is 39.7 Å². The third-order valence-corrected chi connectivity index (χ3v) is 3.31. The van der Waals surface area contributed by atoms with Gasteiger partial charge in [0.15, 0.2) is 0 Å². The van der Waals surface area contributed by atoms with Crippen molar-refractivity contribution in [3.63, 3.8) is 0 Å². The summed E-state index contributed by atoms with van der Waals surface area (Å²) in [5, 5.41) is 0.406. The quantitative estimate of drug-likeness (QED) is 0.849. The molecule has 0 heterocycles. The van der Waals surface area contributed by atoms with E-state index in [4.69, 9.17) is 29.6 Å². The molecule has 1 aromatic carbocycles. The van der Waals surface area contributed by atoms with Crippen molar-refractivity contribution in [2.45, 2.75) is 19.9 Å². The van der Waals surface area contributed by atoms with Gasteiger partial charge in [-0.25, -0.2) is 0 Å². The normalized spacial score (nSPS) is 10.5. The molecule has 0 aliphatic carbocycles. The molecule has 0 fully saturated rings. The molecule has 0 spiro atoms. The predicted octanol–water partition coefficient (Wildman–Crippen LogP) is 3.24.